The second kappa shape index (κ2) is 6.58. The van der Waals surface area contributed by atoms with Crippen molar-refractivity contribution < 1.29 is 9.13 Å². The van der Waals surface area contributed by atoms with E-state index in [9.17, 15) is 4.39 Å². The van der Waals surface area contributed by atoms with Crippen molar-refractivity contribution >= 4 is 15.9 Å². The lowest BCUT2D eigenvalue weighted by molar-refractivity contribution is 0.426. The molecule has 0 saturated carbocycles. The van der Waals surface area contributed by atoms with Crippen molar-refractivity contribution in [3.05, 3.63) is 57.8 Å². The summed E-state index contributed by atoms with van der Waals surface area (Å²) in [5, 5.41) is 0. The molecule has 0 fully saturated rings. The van der Waals surface area contributed by atoms with E-state index in [2.05, 4.69) is 29.8 Å². The van der Waals surface area contributed by atoms with Crippen LogP contribution in [0.2, 0.25) is 0 Å². The third-order valence-corrected chi connectivity index (χ3v) is 3.79. The number of nitrogens with two attached hydrogens (primary N) is 1. The van der Waals surface area contributed by atoms with Crippen LogP contribution >= 0.6 is 15.9 Å². The van der Waals surface area contributed by atoms with Crippen LogP contribution in [0.25, 0.3) is 0 Å². The lowest BCUT2D eigenvalue weighted by Crippen LogP contribution is -2.08. The molecule has 2 aromatic rings. The molecule has 0 spiro atoms. The first-order valence-corrected chi connectivity index (χ1v) is 7.70. The topological polar surface area (TPSA) is 35.2 Å². The molecule has 0 radical (unpaired) electrons. The van der Waals surface area contributed by atoms with Crippen molar-refractivity contribution in [1.29, 1.82) is 0 Å². The molecule has 1 unspecified atom stereocenters. The summed E-state index contributed by atoms with van der Waals surface area (Å²) in [6.45, 7) is 5.96. The fraction of sp³-hybridized carbons (Fsp3) is 0.294. The summed E-state index contributed by atoms with van der Waals surface area (Å²) in [7, 11) is 0. The largest absolute Gasteiger partial charge is 0.454 e. The Labute approximate surface area is 133 Å². The molecule has 0 heterocycles. The van der Waals surface area contributed by atoms with Gasteiger partial charge in [0.15, 0.2) is 11.6 Å². The lowest BCUT2D eigenvalue weighted by Gasteiger charge is -2.18. The van der Waals surface area contributed by atoms with Crippen molar-refractivity contribution in [2.75, 3.05) is 0 Å². The van der Waals surface area contributed by atoms with Crippen molar-refractivity contribution in [2.24, 2.45) is 5.73 Å². The van der Waals surface area contributed by atoms with Gasteiger partial charge in [0.25, 0.3) is 0 Å². The lowest BCUT2D eigenvalue weighted by atomic mass is 10.0. The standard InChI is InChI=1S/C17H19BrFNO/c1-10(2)14-9-12(18)7-8-16(14)21-17-13(11(3)20)5-4-6-15(17)19/h4-11H,20H2,1-3H3. The first-order chi connectivity index (χ1) is 9.90. The Morgan fingerprint density at radius 3 is 2.43 bits per heavy atom. The van der Waals surface area contributed by atoms with Crippen molar-refractivity contribution in [3.8, 4) is 11.5 Å². The number of hydrogen-bond acceptors (Lipinski definition) is 2. The zero-order valence-electron chi connectivity index (χ0n) is 12.4. The molecule has 0 aliphatic heterocycles. The molecule has 112 valence electrons. The second-order valence-electron chi connectivity index (χ2n) is 5.39. The summed E-state index contributed by atoms with van der Waals surface area (Å²) < 4.78 is 21.0. The van der Waals surface area contributed by atoms with Crippen LogP contribution in [0.15, 0.2) is 40.9 Å². The van der Waals surface area contributed by atoms with Gasteiger partial charge >= 0.3 is 0 Å². The van der Waals surface area contributed by atoms with Crippen LogP contribution < -0.4 is 10.5 Å². The van der Waals surface area contributed by atoms with Crippen LogP contribution in [0.1, 0.15) is 43.9 Å². The molecule has 0 aliphatic carbocycles. The summed E-state index contributed by atoms with van der Waals surface area (Å²) in [6, 6.07) is 10.2. The highest BCUT2D eigenvalue weighted by molar-refractivity contribution is 9.10. The van der Waals surface area contributed by atoms with Gasteiger partial charge in [-0.2, -0.15) is 0 Å². The van der Waals surface area contributed by atoms with Gasteiger partial charge in [-0.1, -0.05) is 41.9 Å². The zero-order valence-corrected chi connectivity index (χ0v) is 13.9. The maximum absolute atomic E-state index is 14.1. The van der Waals surface area contributed by atoms with Gasteiger partial charge in [-0.15, -0.1) is 0 Å². The Hall–Kier alpha value is -1.39. The molecule has 2 aromatic carbocycles. The molecule has 2 N–H and O–H groups in total. The molecule has 0 aliphatic rings. The first-order valence-electron chi connectivity index (χ1n) is 6.91. The Morgan fingerprint density at radius 2 is 1.81 bits per heavy atom. The summed E-state index contributed by atoms with van der Waals surface area (Å²) in [5.74, 6) is 0.724. The zero-order chi connectivity index (χ0) is 15.6. The molecule has 2 nitrogen and oxygen atoms in total. The first kappa shape index (κ1) is 16.0. The molecule has 0 bridgehead atoms. The van der Waals surface area contributed by atoms with Crippen LogP contribution in [-0.4, -0.2) is 0 Å². The van der Waals surface area contributed by atoms with E-state index in [0.29, 0.717) is 11.3 Å². The summed E-state index contributed by atoms with van der Waals surface area (Å²) in [4.78, 5) is 0. The second-order valence-corrected chi connectivity index (χ2v) is 6.30. The smallest absolute Gasteiger partial charge is 0.167 e. The van der Waals surface area contributed by atoms with Crippen LogP contribution in [0.5, 0.6) is 11.5 Å². The minimum Gasteiger partial charge on any atom is -0.454 e. The molecule has 2 rings (SSSR count). The van der Waals surface area contributed by atoms with Gasteiger partial charge in [0, 0.05) is 16.1 Å². The highest BCUT2D eigenvalue weighted by atomic mass is 79.9. The van der Waals surface area contributed by atoms with Crippen molar-refractivity contribution in [3.63, 3.8) is 0 Å². The molecule has 1 atom stereocenters. The molecule has 0 amide bonds. The van der Waals surface area contributed by atoms with E-state index < -0.39 is 5.82 Å². The van der Waals surface area contributed by atoms with Crippen LogP contribution in [0, 0.1) is 5.82 Å². The summed E-state index contributed by atoms with van der Waals surface area (Å²) in [6.07, 6.45) is 0. The number of hydrogen-bond donors (Lipinski definition) is 1. The van der Waals surface area contributed by atoms with Crippen LogP contribution in [0.3, 0.4) is 0 Å². The van der Waals surface area contributed by atoms with E-state index in [1.54, 1.807) is 12.1 Å². The van der Waals surface area contributed by atoms with E-state index in [4.69, 9.17) is 10.5 Å². The third-order valence-electron chi connectivity index (χ3n) is 3.29. The Bertz CT molecular complexity index is 641. The SMILES string of the molecule is CC(C)c1cc(Br)ccc1Oc1c(F)cccc1C(C)N. The van der Waals surface area contributed by atoms with Crippen LogP contribution in [0.4, 0.5) is 4.39 Å². The maximum atomic E-state index is 14.1. The monoisotopic (exact) mass is 351 g/mol. The average Bonchev–Trinajstić information content (AvgIpc) is 2.42. The molecule has 4 heteroatoms. The fourth-order valence-corrected chi connectivity index (χ4v) is 2.54. The number of halogens is 2. The van der Waals surface area contributed by atoms with Gasteiger partial charge in [0.2, 0.25) is 0 Å². The molecule has 21 heavy (non-hydrogen) atoms. The summed E-state index contributed by atoms with van der Waals surface area (Å²) in [5.41, 5.74) is 7.58. The van der Waals surface area contributed by atoms with E-state index in [1.807, 2.05) is 25.1 Å². The Morgan fingerprint density at radius 1 is 1.10 bits per heavy atom. The van der Waals surface area contributed by atoms with Crippen molar-refractivity contribution in [1.82, 2.24) is 0 Å². The van der Waals surface area contributed by atoms with Gasteiger partial charge < -0.3 is 10.5 Å². The van der Waals surface area contributed by atoms with E-state index in [0.717, 1.165) is 10.0 Å². The molecular formula is C17H19BrFNO. The fourth-order valence-electron chi connectivity index (χ4n) is 2.17. The third kappa shape index (κ3) is 3.63. The minimum absolute atomic E-state index is 0.205. The normalized spacial score (nSPS) is 12.5. The average molecular weight is 352 g/mol. The number of rotatable bonds is 4. The highest BCUT2D eigenvalue weighted by Crippen LogP contribution is 2.36. The van der Waals surface area contributed by atoms with Crippen molar-refractivity contribution in [2.45, 2.75) is 32.7 Å². The Kier molecular flexibility index (Phi) is 5.01. The Balaban J connectivity index is 2.48. The number of benzene rings is 2. The summed E-state index contributed by atoms with van der Waals surface area (Å²) >= 11 is 3.45. The molecule has 0 saturated heterocycles. The van der Waals surface area contributed by atoms with Gasteiger partial charge in [-0.25, -0.2) is 4.39 Å². The predicted molar refractivity (Wildman–Crippen MR) is 87.3 cm³/mol. The highest BCUT2D eigenvalue weighted by Gasteiger charge is 2.16. The van der Waals surface area contributed by atoms with Gasteiger partial charge in [-0.05, 0) is 42.7 Å². The van der Waals surface area contributed by atoms with E-state index in [-0.39, 0.29) is 17.7 Å². The van der Waals surface area contributed by atoms with Gasteiger partial charge in [-0.3, -0.25) is 0 Å². The maximum Gasteiger partial charge on any atom is 0.167 e. The minimum atomic E-state index is -0.401. The van der Waals surface area contributed by atoms with Gasteiger partial charge in [0.05, 0.1) is 0 Å². The number of ether oxygens (including phenoxy) is 1. The van der Waals surface area contributed by atoms with E-state index >= 15 is 0 Å². The van der Waals surface area contributed by atoms with Gasteiger partial charge in [0.1, 0.15) is 5.75 Å². The predicted octanol–water partition coefficient (Wildman–Crippen LogP) is 5.52. The molecule has 0 aromatic heterocycles. The molecular weight excluding hydrogens is 333 g/mol. The van der Waals surface area contributed by atoms with E-state index in [1.165, 1.54) is 6.07 Å². The van der Waals surface area contributed by atoms with Crippen LogP contribution in [-0.2, 0) is 0 Å². The quantitative estimate of drug-likeness (QED) is 0.786. The number of para-hydroxylation sites is 1.